The van der Waals surface area contributed by atoms with E-state index >= 15 is 0 Å². The molecule has 1 saturated heterocycles. The number of hydrogen-bond donors (Lipinski definition) is 0. The minimum absolute atomic E-state index is 0.0239. The number of nitrogens with zero attached hydrogens (tertiary/aromatic N) is 2. The van der Waals surface area contributed by atoms with E-state index < -0.39 is 0 Å². The van der Waals surface area contributed by atoms with Gasteiger partial charge in [0, 0.05) is 38.0 Å². The molecule has 2 heterocycles. The number of Topliss-reactive ketones (excluding diaryl/α,β-unsaturated/α-hetero) is 1. The molecule has 1 fully saturated rings. The van der Waals surface area contributed by atoms with Gasteiger partial charge in [-0.2, -0.15) is 0 Å². The number of likely N-dealkylation sites (tertiary alicyclic amines) is 1. The quantitative estimate of drug-likeness (QED) is 0.719. The lowest BCUT2D eigenvalue weighted by molar-refractivity contribution is -0.132. The van der Waals surface area contributed by atoms with E-state index in [2.05, 4.69) is 0 Å². The van der Waals surface area contributed by atoms with E-state index in [1.165, 1.54) is 0 Å². The first-order valence-electron chi connectivity index (χ1n) is 5.60. The predicted octanol–water partition coefficient (Wildman–Crippen LogP) is 1.22. The number of aryl methyl sites for hydroxylation is 1. The van der Waals surface area contributed by atoms with Crippen molar-refractivity contribution in [3.63, 3.8) is 0 Å². The van der Waals surface area contributed by atoms with Crippen LogP contribution in [0.4, 0.5) is 0 Å². The third-order valence-corrected chi connectivity index (χ3v) is 2.91. The SMILES string of the molecule is Cn1ccc(C(=O)CN2CCCCC2=O)c1. The molecule has 16 heavy (non-hydrogen) atoms. The van der Waals surface area contributed by atoms with Crippen LogP contribution in [0.5, 0.6) is 0 Å². The molecule has 4 heteroatoms. The van der Waals surface area contributed by atoms with Gasteiger partial charge in [0.15, 0.2) is 5.78 Å². The number of ketones is 1. The molecule has 1 aromatic rings. The van der Waals surface area contributed by atoms with Crippen LogP contribution in [0.2, 0.25) is 0 Å². The van der Waals surface area contributed by atoms with Crippen LogP contribution >= 0.6 is 0 Å². The zero-order valence-corrected chi connectivity index (χ0v) is 9.48. The first kappa shape index (κ1) is 10.9. The molecule has 2 rings (SSSR count). The van der Waals surface area contributed by atoms with Gasteiger partial charge in [0.1, 0.15) is 0 Å². The van der Waals surface area contributed by atoms with E-state index in [1.807, 2.05) is 17.8 Å². The van der Waals surface area contributed by atoms with Gasteiger partial charge in [0.2, 0.25) is 5.91 Å². The number of carbonyl (C=O) groups is 2. The fourth-order valence-corrected chi connectivity index (χ4v) is 1.96. The summed E-state index contributed by atoms with van der Waals surface area (Å²) in [6.45, 7) is 0.945. The largest absolute Gasteiger partial charge is 0.357 e. The van der Waals surface area contributed by atoms with E-state index in [1.54, 1.807) is 17.2 Å². The molecule has 86 valence electrons. The van der Waals surface area contributed by atoms with Crippen LogP contribution in [-0.4, -0.2) is 34.2 Å². The van der Waals surface area contributed by atoms with Crippen LogP contribution in [0.25, 0.3) is 0 Å². The molecule has 0 unspecified atom stereocenters. The monoisotopic (exact) mass is 220 g/mol. The van der Waals surface area contributed by atoms with Crippen molar-refractivity contribution in [1.82, 2.24) is 9.47 Å². The van der Waals surface area contributed by atoms with Gasteiger partial charge in [-0.25, -0.2) is 0 Å². The summed E-state index contributed by atoms with van der Waals surface area (Å²) >= 11 is 0. The Balaban J connectivity index is 1.99. The Morgan fingerprint density at radius 1 is 1.44 bits per heavy atom. The lowest BCUT2D eigenvalue weighted by Gasteiger charge is -2.25. The second-order valence-corrected chi connectivity index (χ2v) is 4.26. The Labute approximate surface area is 94.8 Å². The van der Waals surface area contributed by atoms with Crippen molar-refractivity contribution < 1.29 is 9.59 Å². The lowest BCUT2D eigenvalue weighted by atomic mass is 10.1. The molecule has 0 bridgehead atoms. The number of aromatic nitrogens is 1. The molecule has 0 aliphatic carbocycles. The van der Waals surface area contributed by atoms with Gasteiger partial charge in [0.25, 0.3) is 0 Å². The summed E-state index contributed by atoms with van der Waals surface area (Å²) in [4.78, 5) is 25.1. The highest BCUT2D eigenvalue weighted by Gasteiger charge is 2.21. The molecule has 1 aromatic heterocycles. The summed E-state index contributed by atoms with van der Waals surface area (Å²) in [5.41, 5.74) is 0.681. The molecular formula is C12H16N2O2. The smallest absolute Gasteiger partial charge is 0.222 e. The zero-order chi connectivity index (χ0) is 11.5. The fourth-order valence-electron chi connectivity index (χ4n) is 1.96. The van der Waals surface area contributed by atoms with Crippen LogP contribution < -0.4 is 0 Å². The van der Waals surface area contributed by atoms with Crippen molar-refractivity contribution in [2.45, 2.75) is 19.3 Å². The van der Waals surface area contributed by atoms with Crippen molar-refractivity contribution in [3.05, 3.63) is 24.0 Å². The van der Waals surface area contributed by atoms with Crippen molar-refractivity contribution in [2.75, 3.05) is 13.1 Å². The summed E-state index contributed by atoms with van der Waals surface area (Å²) in [5, 5.41) is 0. The normalized spacial score (nSPS) is 16.6. The minimum atomic E-state index is 0.0239. The van der Waals surface area contributed by atoms with E-state index in [4.69, 9.17) is 0 Å². The Hall–Kier alpha value is -1.58. The van der Waals surface area contributed by atoms with Gasteiger partial charge in [-0.15, -0.1) is 0 Å². The van der Waals surface area contributed by atoms with E-state index in [0.717, 1.165) is 19.4 Å². The van der Waals surface area contributed by atoms with Crippen LogP contribution in [0.15, 0.2) is 18.5 Å². The van der Waals surface area contributed by atoms with Crippen LogP contribution in [-0.2, 0) is 11.8 Å². The van der Waals surface area contributed by atoms with Gasteiger partial charge >= 0.3 is 0 Å². The molecule has 0 aromatic carbocycles. The predicted molar refractivity (Wildman–Crippen MR) is 60.2 cm³/mol. The Morgan fingerprint density at radius 3 is 2.88 bits per heavy atom. The minimum Gasteiger partial charge on any atom is -0.357 e. The summed E-state index contributed by atoms with van der Waals surface area (Å²) < 4.78 is 1.84. The van der Waals surface area contributed by atoms with Gasteiger partial charge in [-0.05, 0) is 18.9 Å². The van der Waals surface area contributed by atoms with Crippen molar-refractivity contribution >= 4 is 11.7 Å². The molecule has 0 saturated carbocycles. The third-order valence-electron chi connectivity index (χ3n) is 2.91. The maximum atomic E-state index is 11.9. The molecule has 1 amide bonds. The number of hydrogen-bond acceptors (Lipinski definition) is 2. The first-order chi connectivity index (χ1) is 7.66. The van der Waals surface area contributed by atoms with Gasteiger partial charge in [-0.3, -0.25) is 9.59 Å². The topological polar surface area (TPSA) is 42.3 Å². The molecule has 1 aliphatic rings. The summed E-state index contributed by atoms with van der Waals surface area (Å²) in [6, 6.07) is 1.79. The third kappa shape index (κ3) is 2.32. The van der Waals surface area contributed by atoms with Crippen LogP contribution in [0.3, 0.4) is 0 Å². The summed E-state index contributed by atoms with van der Waals surface area (Å²) in [5.74, 6) is 0.131. The van der Waals surface area contributed by atoms with Crippen LogP contribution in [0.1, 0.15) is 29.6 Å². The first-order valence-corrected chi connectivity index (χ1v) is 5.60. The number of amides is 1. The summed E-state index contributed by atoms with van der Waals surface area (Å²) in [6.07, 6.45) is 6.17. The second kappa shape index (κ2) is 4.51. The average Bonchev–Trinajstić information content (AvgIpc) is 2.68. The van der Waals surface area contributed by atoms with E-state index in [0.29, 0.717) is 12.0 Å². The highest BCUT2D eigenvalue weighted by molar-refractivity contribution is 5.99. The molecule has 0 spiro atoms. The van der Waals surface area contributed by atoms with Gasteiger partial charge in [0.05, 0.1) is 6.54 Å². The van der Waals surface area contributed by atoms with Crippen molar-refractivity contribution in [3.8, 4) is 0 Å². The Kier molecular flexibility index (Phi) is 3.08. The maximum Gasteiger partial charge on any atom is 0.222 e. The molecule has 0 radical (unpaired) electrons. The standard InChI is InChI=1S/C12H16N2O2/c1-13-7-5-10(8-13)11(15)9-14-6-3-2-4-12(14)16/h5,7-8H,2-4,6,9H2,1H3. The fraction of sp³-hybridized carbons (Fsp3) is 0.500. The molecule has 0 N–H and O–H groups in total. The zero-order valence-electron chi connectivity index (χ0n) is 9.48. The van der Waals surface area contributed by atoms with Gasteiger partial charge < -0.3 is 9.47 Å². The Morgan fingerprint density at radius 2 is 2.25 bits per heavy atom. The van der Waals surface area contributed by atoms with Crippen LogP contribution in [0, 0.1) is 0 Å². The lowest BCUT2D eigenvalue weighted by Crippen LogP contribution is -2.38. The molecule has 4 nitrogen and oxygen atoms in total. The van der Waals surface area contributed by atoms with Crippen molar-refractivity contribution in [1.29, 1.82) is 0 Å². The average molecular weight is 220 g/mol. The molecular weight excluding hydrogens is 204 g/mol. The molecule has 0 atom stereocenters. The van der Waals surface area contributed by atoms with E-state index in [-0.39, 0.29) is 18.2 Å². The Bertz CT molecular complexity index is 409. The van der Waals surface area contributed by atoms with Gasteiger partial charge in [-0.1, -0.05) is 0 Å². The van der Waals surface area contributed by atoms with E-state index in [9.17, 15) is 9.59 Å². The number of piperidine rings is 1. The number of carbonyl (C=O) groups excluding carboxylic acids is 2. The highest BCUT2D eigenvalue weighted by atomic mass is 16.2. The summed E-state index contributed by atoms with van der Waals surface area (Å²) in [7, 11) is 1.88. The number of rotatable bonds is 3. The maximum absolute atomic E-state index is 11.9. The molecule has 1 aliphatic heterocycles. The second-order valence-electron chi connectivity index (χ2n) is 4.26. The highest BCUT2D eigenvalue weighted by Crippen LogP contribution is 2.11. The van der Waals surface area contributed by atoms with Crippen molar-refractivity contribution in [2.24, 2.45) is 7.05 Å².